The van der Waals surface area contributed by atoms with Crippen LogP contribution in [0.4, 0.5) is 0 Å². The van der Waals surface area contributed by atoms with E-state index in [0.717, 1.165) is 12.0 Å². The van der Waals surface area contributed by atoms with Crippen molar-refractivity contribution in [2.75, 3.05) is 0 Å². The molecule has 0 bridgehead atoms. The smallest absolute Gasteiger partial charge is 0.349 e. The minimum absolute atomic E-state index is 0.0638. The number of esters is 1. The summed E-state index contributed by atoms with van der Waals surface area (Å²) in [6.45, 7) is 4.27. The zero-order valence-electron chi connectivity index (χ0n) is 11.7. The quantitative estimate of drug-likeness (QED) is 0.826. The average Bonchev–Trinajstić information content (AvgIpc) is 2.43. The highest BCUT2D eigenvalue weighted by Gasteiger charge is 2.42. The van der Waals surface area contributed by atoms with Gasteiger partial charge in [0.25, 0.3) is 0 Å². The molecule has 0 aromatic heterocycles. The molecule has 0 spiro atoms. The Morgan fingerprint density at radius 2 is 2.00 bits per heavy atom. The monoisotopic (exact) mass is 338 g/mol. The van der Waals surface area contributed by atoms with Crippen molar-refractivity contribution in [1.29, 1.82) is 0 Å². The number of ether oxygens (including phenoxy) is 1. The van der Waals surface area contributed by atoms with Crippen LogP contribution < -0.4 is 0 Å². The number of hydrogen-bond donors (Lipinski definition) is 1. The Bertz CT molecular complexity index is 522. The molecule has 1 aromatic rings. The molecule has 1 aromatic carbocycles. The average molecular weight is 339 g/mol. The van der Waals surface area contributed by atoms with Crippen molar-refractivity contribution in [3.8, 4) is 0 Å². The summed E-state index contributed by atoms with van der Waals surface area (Å²) in [4.78, 5) is 12.0. The highest BCUT2D eigenvalue weighted by Crippen LogP contribution is 2.42. The van der Waals surface area contributed by atoms with E-state index in [1.54, 1.807) is 0 Å². The van der Waals surface area contributed by atoms with E-state index in [1.807, 2.05) is 30.3 Å². The molecule has 1 unspecified atom stereocenters. The van der Waals surface area contributed by atoms with Crippen molar-refractivity contribution >= 4 is 21.9 Å². The lowest BCUT2D eigenvalue weighted by atomic mass is 9.82. The second-order valence-electron chi connectivity index (χ2n) is 5.62. The van der Waals surface area contributed by atoms with Crippen molar-refractivity contribution in [3.63, 3.8) is 0 Å². The largest absolute Gasteiger partial charge is 0.511 e. The summed E-state index contributed by atoms with van der Waals surface area (Å²) in [5.41, 5.74) is 0.171. The van der Waals surface area contributed by atoms with Gasteiger partial charge in [0.05, 0.1) is 6.42 Å². The van der Waals surface area contributed by atoms with Crippen LogP contribution in [0.1, 0.15) is 38.7 Å². The first-order valence-electron chi connectivity index (χ1n) is 6.81. The van der Waals surface area contributed by atoms with Crippen LogP contribution in [0.5, 0.6) is 0 Å². The van der Waals surface area contributed by atoms with E-state index >= 15 is 0 Å². The van der Waals surface area contributed by atoms with Gasteiger partial charge < -0.3 is 9.84 Å². The molecule has 3 nitrogen and oxygen atoms in total. The van der Waals surface area contributed by atoms with Crippen LogP contribution in [0.3, 0.4) is 0 Å². The van der Waals surface area contributed by atoms with E-state index in [2.05, 4.69) is 29.8 Å². The summed E-state index contributed by atoms with van der Waals surface area (Å²) in [5.74, 6) is 0.0704. The molecule has 1 aliphatic rings. The molecule has 1 aliphatic heterocycles. The fraction of sp³-hybridized carbons (Fsp3) is 0.438. The molecule has 1 heterocycles. The number of halogens is 1. The number of rotatable bonds is 4. The van der Waals surface area contributed by atoms with Crippen molar-refractivity contribution in [1.82, 2.24) is 0 Å². The summed E-state index contributed by atoms with van der Waals surface area (Å²) in [6.07, 6.45) is 1.94. The lowest BCUT2D eigenvalue weighted by molar-refractivity contribution is -0.160. The first-order valence-corrected chi connectivity index (χ1v) is 7.60. The Kier molecular flexibility index (Phi) is 4.53. The highest BCUT2D eigenvalue weighted by molar-refractivity contribution is 9.12. The maximum Gasteiger partial charge on any atom is 0.349 e. The zero-order chi connectivity index (χ0) is 14.8. The van der Waals surface area contributed by atoms with Gasteiger partial charge in [-0.2, -0.15) is 0 Å². The Hall–Kier alpha value is -1.29. The third kappa shape index (κ3) is 3.06. The van der Waals surface area contributed by atoms with Crippen LogP contribution in [-0.2, 0) is 15.1 Å². The van der Waals surface area contributed by atoms with Crippen LogP contribution in [-0.4, -0.2) is 11.1 Å². The van der Waals surface area contributed by atoms with Crippen LogP contribution in [0.2, 0.25) is 0 Å². The first-order chi connectivity index (χ1) is 9.44. The molecular weight excluding hydrogens is 320 g/mol. The van der Waals surface area contributed by atoms with E-state index in [4.69, 9.17) is 4.74 Å². The predicted molar refractivity (Wildman–Crippen MR) is 81.5 cm³/mol. The summed E-state index contributed by atoms with van der Waals surface area (Å²) in [6, 6.07) is 9.66. The molecule has 4 heteroatoms. The number of cyclic esters (lactones) is 1. The molecule has 108 valence electrons. The lowest BCUT2D eigenvalue weighted by Gasteiger charge is -2.37. The number of carbonyl (C=O) groups excluding carboxylic acids is 1. The number of aliphatic hydroxyl groups excluding tert-OH is 1. The minimum atomic E-state index is -0.760. The second-order valence-corrected chi connectivity index (χ2v) is 6.41. The van der Waals surface area contributed by atoms with E-state index in [0.29, 0.717) is 18.8 Å². The van der Waals surface area contributed by atoms with Crippen LogP contribution in [0, 0.1) is 5.92 Å². The summed E-state index contributed by atoms with van der Waals surface area (Å²) >= 11 is 3.08. The van der Waals surface area contributed by atoms with Gasteiger partial charge in [0.2, 0.25) is 0 Å². The van der Waals surface area contributed by atoms with Crippen LogP contribution in [0.15, 0.2) is 40.6 Å². The summed E-state index contributed by atoms with van der Waals surface area (Å²) in [7, 11) is 0. The Labute approximate surface area is 127 Å². The van der Waals surface area contributed by atoms with Gasteiger partial charge in [0.15, 0.2) is 0 Å². The lowest BCUT2D eigenvalue weighted by Crippen LogP contribution is -2.37. The molecule has 0 saturated heterocycles. The summed E-state index contributed by atoms with van der Waals surface area (Å²) in [5, 5.41) is 10.0. The number of carbonyl (C=O) groups is 1. The fourth-order valence-corrected chi connectivity index (χ4v) is 2.65. The van der Waals surface area contributed by atoms with Crippen molar-refractivity contribution < 1.29 is 14.6 Å². The van der Waals surface area contributed by atoms with E-state index in [9.17, 15) is 9.90 Å². The van der Waals surface area contributed by atoms with Crippen molar-refractivity contribution in [2.45, 2.75) is 38.7 Å². The molecule has 0 radical (unpaired) electrons. The van der Waals surface area contributed by atoms with Gasteiger partial charge in [-0.1, -0.05) is 44.2 Å². The third-order valence-corrected chi connectivity index (χ3v) is 4.38. The Morgan fingerprint density at radius 3 is 2.55 bits per heavy atom. The minimum Gasteiger partial charge on any atom is -0.511 e. The van der Waals surface area contributed by atoms with Gasteiger partial charge in [0, 0.05) is 0 Å². The maximum atomic E-state index is 12.0. The molecule has 1 atom stereocenters. The van der Waals surface area contributed by atoms with Crippen LogP contribution >= 0.6 is 15.9 Å². The van der Waals surface area contributed by atoms with Gasteiger partial charge in [-0.3, -0.25) is 0 Å². The Morgan fingerprint density at radius 1 is 1.35 bits per heavy atom. The van der Waals surface area contributed by atoms with E-state index in [-0.39, 0.29) is 10.2 Å². The molecule has 0 amide bonds. The topological polar surface area (TPSA) is 46.5 Å². The SMILES string of the molecule is CC(C)CCC1(c2ccccc2)CC(O)=C(Br)C(=O)O1. The normalized spacial score (nSPS) is 23.1. The molecule has 20 heavy (non-hydrogen) atoms. The van der Waals surface area contributed by atoms with Gasteiger partial charge in [-0.15, -0.1) is 0 Å². The summed E-state index contributed by atoms with van der Waals surface area (Å²) < 4.78 is 5.82. The molecule has 0 aliphatic carbocycles. The molecule has 2 rings (SSSR count). The number of benzene rings is 1. The molecular formula is C16H19BrO3. The van der Waals surface area contributed by atoms with E-state index in [1.165, 1.54) is 0 Å². The van der Waals surface area contributed by atoms with Gasteiger partial charge in [0.1, 0.15) is 15.8 Å². The Balaban J connectivity index is 2.39. The van der Waals surface area contributed by atoms with Crippen molar-refractivity contribution in [2.24, 2.45) is 5.92 Å². The van der Waals surface area contributed by atoms with Crippen LogP contribution in [0.25, 0.3) is 0 Å². The van der Waals surface area contributed by atoms with Crippen molar-refractivity contribution in [3.05, 3.63) is 46.1 Å². The van der Waals surface area contributed by atoms with Gasteiger partial charge in [-0.05, 0) is 40.3 Å². The highest BCUT2D eigenvalue weighted by atomic mass is 79.9. The fourth-order valence-electron chi connectivity index (χ4n) is 2.43. The van der Waals surface area contributed by atoms with Gasteiger partial charge >= 0.3 is 5.97 Å². The zero-order valence-corrected chi connectivity index (χ0v) is 13.3. The molecule has 0 fully saturated rings. The standard InChI is InChI=1S/C16H19BrO3/c1-11(2)8-9-16(12-6-4-3-5-7-12)10-13(18)14(17)15(19)20-16/h3-7,11,18H,8-10H2,1-2H3. The van der Waals surface area contributed by atoms with E-state index < -0.39 is 11.6 Å². The maximum absolute atomic E-state index is 12.0. The number of aliphatic hydroxyl groups is 1. The third-order valence-electron chi connectivity index (χ3n) is 3.60. The van der Waals surface area contributed by atoms with Gasteiger partial charge in [-0.25, -0.2) is 4.79 Å². The predicted octanol–water partition coefficient (Wildman–Crippen LogP) is 4.43. The second kappa shape index (κ2) is 6.00. The number of hydrogen-bond acceptors (Lipinski definition) is 3. The first kappa shape index (κ1) is 15.1. The molecule has 0 saturated carbocycles. The molecule has 1 N–H and O–H groups in total.